The van der Waals surface area contributed by atoms with E-state index in [1.54, 1.807) is 7.11 Å². The molecular weight excluding hydrogens is 298 g/mol. The fourth-order valence-electron chi connectivity index (χ4n) is 2.95. The fraction of sp³-hybridized carbons (Fsp3) is 0.350. The Balaban J connectivity index is 2.01. The monoisotopic (exact) mass is 323 g/mol. The van der Waals surface area contributed by atoms with Crippen LogP contribution in [0.2, 0.25) is 0 Å². The molecule has 0 saturated carbocycles. The van der Waals surface area contributed by atoms with Crippen LogP contribution in [-0.2, 0) is 6.54 Å². The lowest BCUT2D eigenvalue weighted by atomic mass is 10.2. The number of para-hydroxylation sites is 2. The maximum Gasteiger partial charge on any atom is 0.128 e. The summed E-state index contributed by atoms with van der Waals surface area (Å²) in [6, 6.07) is 16.5. The zero-order valence-electron chi connectivity index (χ0n) is 14.7. The number of aromatic nitrogens is 2. The number of unbranched alkanes of at least 4 members (excludes halogenated alkanes) is 1. The number of ether oxygens (including phenoxy) is 1. The number of hydrogen-bond acceptors (Lipinski definition) is 3. The van der Waals surface area contributed by atoms with Crippen molar-refractivity contribution in [1.82, 2.24) is 14.5 Å². The fourth-order valence-corrected chi connectivity index (χ4v) is 2.95. The third-order valence-electron chi connectivity index (χ3n) is 4.27. The molecule has 2 aromatic carbocycles. The van der Waals surface area contributed by atoms with Gasteiger partial charge in [0.25, 0.3) is 0 Å². The van der Waals surface area contributed by atoms with Gasteiger partial charge in [-0.1, -0.05) is 25.5 Å². The molecule has 3 rings (SSSR count). The minimum atomic E-state index is 0.834. The molecule has 0 aliphatic carbocycles. The van der Waals surface area contributed by atoms with E-state index in [-0.39, 0.29) is 0 Å². The summed E-state index contributed by atoms with van der Waals surface area (Å²) in [6.07, 6.45) is 2.42. The SMILES string of the molecule is CCCCN(C)Cc1nc2ccccc2n1-c1ccc(OC)cc1. The average Bonchev–Trinajstić information content (AvgIpc) is 2.97. The van der Waals surface area contributed by atoms with Gasteiger partial charge in [0.2, 0.25) is 0 Å². The second-order valence-corrected chi connectivity index (χ2v) is 6.14. The van der Waals surface area contributed by atoms with Crippen LogP contribution < -0.4 is 4.74 Å². The van der Waals surface area contributed by atoms with E-state index in [0.29, 0.717) is 0 Å². The molecule has 0 amide bonds. The minimum absolute atomic E-state index is 0.834. The Bertz CT molecular complexity index is 792. The molecular formula is C20H25N3O. The number of rotatable bonds is 7. The third-order valence-corrected chi connectivity index (χ3v) is 4.27. The largest absolute Gasteiger partial charge is 0.497 e. The topological polar surface area (TPSA) is 30.3 Å². The van der Waals surface area contributed by atoms with E-state index in [9.17, 15) is 0 Å². The Kier molecular flexibility index (Phi) is 5.16. The molecule has 0 fully saturated rings. The molecule has 0 spiro atoms. The van der Waals surface area contributed by atoms with E-state index in [1.807, 2.05) is 18.2 Å². The predicted molar refractivity (Wildman–Crippen MR) is 98.9 cm³/mol. The van der Waals surface area contributed by atoms with Crippen molar-refractivity contribution in [2.24, 2.45) is 0 Å². The second kappa shape index (κ2) is 7.49. The first-order chi connectivity index (χ1) is 11.7. The lowest BCUT2D eigenvalue weighted by Gasteiger charge is -2.17. The van der Waals surface area contributed by atoms with Crippen LogP contribution in [0.1, 0.15) is 25.6 Å². The molecule has 0 aliphatic rings. The average molecular weight is 323 g/mol. The summed E-state index contributed by atoms with van der Waals surface area (Å²) >= 11 is 0. The molecule has 0 atom stereocenters. The normalized spacial score (nSPS) is 11.3. The van der Waals surface area contributed by atoms with Crippen molar-refractivity contribution in [1.29, 1.82) is 0 Å². The molecule has 126 valence electrons. The van der Waals surface area contributed by atoms with Gasteiger partial charge >= 0.3 is 0 Å². The van der Waals surface area contributed by atoms with E-state index >= 15 is 0 Å². The first-order valence-electron chi connectivity index (χ1n) is 8.52. The van der Waals surface area contributed by atoms with Crippen molar-refractivity contribution in [2.45, 2.75) is 26.3 Å². The molecule has 4 heteroatoms. The van der Waals surface area contributed by atoms with Crippen molar-refractivity contribution in [3.8, 4) is 11.4 Å². The Morgan fingerprint density at radius 3 is 2.54 bits per heavy atom. The molecule has 24 heavy (non-hydrogen) atoms. The van der Waals surface area contributed by atoms with Crippen LogP contribution in [0.4, 0.5) is 0 Å². The molecule has 1 heterocycles. The molecule has 0 radical (unpaired) electrons. The number of methoxy groups -OCH3 is 1. The highest BCUT2D eigenvalue weighted by atomic mass is 16.5. The van der Waals surface area contributed by atoms with Crippen molar-refractivity contribution >= 4 is 11.0 Å². The van der Waals surface area contributed by atoms with Gasteiger partial charge in [0.05, 0.1) is 24.7 Å². The molecule has 0 unspecified atom stereocenters. The predicted octanol–water partition coefficient (Wildman–Crippen LogP) is 4.27. The van der Waals surface area contributed by atoms with E-state index in [0.717, 1.165) is 41.4 Å². The van der Waals surface area contributed by atoms with Gasteiger partial charge in [0, 0.05) is 5.69 Å². The van der Waals surface area contributed by atoms with Gasteiger partial charge in [-0.2, -0.15) is 0 Å². The van der Waals surface area contributed by atoms with E-state index in [1.165, 1.54) is 12.8 Å². The van der Waals surface area contributed by atoms with Gasteiger partial charge in [-0.05, 0) is 56.4 Å². The highest BCUT2D eigenvalue weighted by molar-refractivity contribution is 5.78. The molecule has 0 saturated heterocycles. The van der Waals surface area contributed by atoms with Gasteiger partial charge < -0.3 is 4.74 Å². The van der Waals surface area contributed by atoms with Crippen molar-refractivity contribution in [3.63, 3.8) is 0 Å². The van der Waals surface area contributed by atoms with Crippen molar-refractivity contribution in [2.75, 3.05) is 20.7 Å². The quantitative estimate of drug-likeness (QED) is 0.650. The Morgan fingerprint density at radius 1 is 1.08 bits per heavy atom. The zero-order valence-corrected chi connectivity index (χ0v) is 14.7. The van der Waals surface area contributed by atoms with E-state index in [4.69, 9.17) is 9.72 Å². The standard InChI is InChI=1S/C20H25N3O/c1-4-5-14-22(2)15-20-21-18-8-6-7-9-19(18)23(20)16-10-12-17(24-3)13-11-16/h6-13H,4-5,14-15H2,1-3H3. The number of fused-ring (bicyclic) bond motifs is 1. The van der Waals surface area contributed by atoms with Crippen LogP contribution in [0.5, 0.6) is 5.75 Å². The summed E-state index contributed by atoms with van der Waals surface area (Å²) in [5.74, 6) is 1.93. The lowest BCUT2D eigenvalue weighted by Crippen LogP contribution is -2.21. The summed E-state index contributed by atoms with van der Waals surface area (Å²) < 4.78 is 7.53. The summed E-state index contributed by atoms with van der Waals surface area (Å²) in [5.41, 5.74) is 3.29. The van der Waals surface area contributed by atoms with Crippen LogP contribution in [0.15, 0.2) is 48.5 Å². The molecule has 3 aromatic rings. The van der Waals surface area contributed by atoms with Gasteiger partial charge in [0.15, 0.2) is 0 Å². The lowest BCUT2D eigenvalue weighted by molar-refractivity contribution is 0.311. The third kappa shape index (κ3) is 3.44. The highest BCUT2D eigenvalue weighted by Crippen LogP contribution is 2.24. The Morgan fingerprint density at radius 2 is 1.83 bits per heavy atom. The summed E-state index contributed by atoms with van der Waals surface area (Å²) in [4.78, 5) is 7.21. The Hall–Kier alpha value is -2.33. The second-order valence-electron chi connectivity index (χ2n) is 6.14. The van der Waals surface area contributed by atoms with E-state index < -0.39 is 0 Å². The van der Waals surface area contributed by atoms with E-state index in [2.05, 4.69) is 53.8 Å². The molecule has 0 N–H and O–H groups in total. The maximum atomic E-state index is 5.28. The van der Waals surface area contributed by atoms with Gasteiger partial charge in [-0.15, -0.1) is 0 Å². The zero-order chi connectivity index (χ0) is 16.9. The maximum absolute atomic E-state index is 5.28. The summed E-state index contributed by atoms with van der Waals surface area (Å²) in [6.45, 7) is 4.14. The van der Waals surface area contributed by atoms with Crippen LogP contribution in [-0.4, -0.2) is 35.2 Å². The number of nitrogens with zero attached hydrogens (tertiary/aromatic N) is 3. The summed E-state index contributed by atoms with van der Waals surface area (Å²) in [7, 11) is 3.85. The molecule has 0 bridgehead atoms. The minimum Gasteiger partial charge on any atom is -0.497 e. The van der Waals surface area contributed by atoms with Gasteiger partial charge in [-0.3, -0.25) is 9.47 Å². The first kappa shape index (κ1) is 16.5. The number of hydrogen-bond donors (Lipinski definition) is 0. The van der Waals surface area contributed by atoms with Crippen LogP contribution in [0, 0.1) is 0 Å². The number of benzene rings is 2. The molecule has 0 aliphatic heterocycles. The van der Waals surface area contributed by atoms with Gasteiger partial charge in [-0.25, -0.2) is 4.98 Å². The van der Waals surface area contributed by atoms with Crippen molar-refractivity contribution in [3.05, 3.63) is 54.4 Å². The first-order valence-corrected chi connectivity index (χ1v) is 8.52. The summed E-state index contributed by atoms with van der Waals surface area (Å²) in [5, 5.41) is 0. The van der Waals surface area contributed by atoms with Crippen LogP contribution in [0.25, 0.3) is 16.7 Å². The Labute approximate surface area is 143 Å². The van der Waals surface area contributed by atoms with Crippen LogP contribution >= 0.6 is 0 Å². The van der Waals surface area contributed by atoms with Gasteiger partial charge in [0.1, 0.15) is 11.6 Å². The number of imidazole rings is 1. The smallest absolute Gasteiger partial charge is 0.128 e. The van der Waals surface area contributed by atoms with Crippen LogP contribution in [0.3, 0.4) is 0 Å². The molecule has 4 nitrogen and oxygen atoms in total. The molecule has 1 aromatic heterocycles. The van der Waals surface area contributed by atoms with Crippen molar-refractivity contribution < 1.29 is 4.74 Å². The highest BCUT2D eigenvalue weighted by Gasteiger charge is 2.13.